The summed E-state index contributed by atoms with van der Waals surface area (Å²) in [4.78, 5) is 2.36. The summed E-state index contributed by atoms with van der Waals surface area (Å²) < 4.78 is 1.98. The number of hydrogen-bond donors (Lipinski definition) is 2. The highest BCUT2D eigenvalue weighted by molar-refractivity contribution is 5.50. The van der Waals surface area contributed by atoms with Crippen molar-refractivity contribution >= 4 is 5.82 Å². The van der Waals surface area contributed by atoms with Gasteiger partial charge in [-0.1, -0.05) is 6.92 Å². The monoisotopic (exact) mass is 280 g/mol. The first kappa shape index (κ1) is 15.3. The number of piperidine rings is 1. The zero-order chi connectivity index (χ0) is 14.8. The van der Waals surface area contributed by atoms with Gasteiger partial charge in [0.2, 0.25) is 0 Å². The van der Waals surface area contributed by atoms with Crippen molar-refractivity contribution < 1.29 is 5.11 Å². The molecule has 1 aromatic rings. The van der Waals surface area contributed by atoms with Crippen molar-refractivity contribution in [3.05, 3.63) is 11.3 Å². The molecule has 1 aromatic heterocycles. The van der Waals surface area contributed by atoms with Gasteiger partial charge >= 0.3 is 0 Å². The molecule has 2 heterocycles. The molecule has 0 aromatic carbocycles. The van der Waals surface area contributed by atoms with Crippen molar-refractivity contribution in [2.45, 2.75) is 52.2 Å². The van der Waals surface area contributed by atoms with E-state index in [1.807, 2.05) is 18.7 Å². The molecule has 0 spiro atoms. The highest BCUT2D eigenvalue weighted by Gasteiger charge is 2.30. The summed E-state index contributed by atoms with van der Waals surface area (Å²) >= 11 is 0. The second-order valence-electron chi connectivity index (χ2n) is 6.17. The molecular weight excluding hydrogens is 252 g/mol. The molecule has 0 amide bonds. The number of aromatic nitrogens is 2. The Kier molecular flexibility index (Phi) is 4.70. The quantitative estimate of drug-likeness (QED) is 0.804. The Morgan fingerprint density at radius 3 is 2.60 bits per heavy atom. The first-order valence-corrected chi connectivity index (χ1v) is 7.65. The molecular formula is C15H28N4O. The minimum atomic E-state index is -0.509. The Morgan fingerprint density at radius 2 is 2.00 bits per heavy atom. The van der Waals surface area contributed by atoms with Gasteiger partial charge in [-0.2, -0.15) is 5.10 Å². The molecule has 1 aliphatic heterocycles. The molecule has 0 atom stereocenters. The van der Waals surface area contributed by atoms with Crippen molar-refractivity contribution in [3.63, 3.8) is 0 Å². The molecule has 1 fully saturated rings. The van der Waals surface area contributed by atoms with Crippen molar-refractivity contribution in [2.75, 3.05) is 24.5 Å². The van der Waals surface area contributed by atoms with Crippen LogP contribution in [0.5, 0.6) is 0 Å². The van der Waals surface area contributed by atoms with Crippen molar-refractivity contribution in [3.8, 4) is 0 Å². The fourth-order valence-electron chi connectivity index (χ4n) is 2.88. The second kappa shape index (κ2) is 6.14. The van der Waals surface area contributed by atoms with Crippen LogP contribution in [-0.4, -0.2) is 40.1 Å². The van der Waals surface area contributed by atoms with Gasteiger partial charge < -0.3 is 15.3 Å². The minimum Gasteiger partial charge on any atom is -0.390 e. The fourth-order valence-corrected chi connectivity index (χ4v) is 2.88. The average Bonchev–Trinajstić information content (AvgIpc) is 2.65. The summed E-state index contributed by atoms with van der Waals surface area (Å²) in [6.07, 6.45) is 2.78. The van der Waals surface area contributed by atoms with Crippen LogP contribution in [0.25, 0.3) is 0 Å². The second-order valence-corrected chi connectivity index (χ2v) is 6.17. The third-order valence-electron chi connectivity index (χ3n) is 4.18. The maximum absolute atomic E-state index is 10.1. The van der Waals surface area contributed by atoms with Gasteiger partial charge in [-0.3, -0.25) is 4.68 Å². The first-order chi connectivity index (χ1) is 9.44. The zero-order valence-corrected chi connectivity index (χ0v) is 13.2. The van der Waals surface area contributed by atoms with E-state index >= 15 is 0 Å². The van der Waals surface area contributed by atoms with Crippen molar-refractivity contribution in [1.82, 2.24) is 15.1 Å². The Balaban J connectivity index is 2.14. The number of nitrogens with one attached hydrogen (secondary N) is 1. The number of rotatable bonds is 5. The first-order valence-electron chi connectivity index (χ1n) is 7.65. The van der Waals surface area contributed by atoms with E-state index < -0.39 is 5.60 Å². The van der Waals surface area contributed by atoms with E-state index in [0.29, 0.717) is 0 Å². The molecule has 5 heteroatoms. The molecule has 114 valence electrons. The zero-order valence-electron chi connectivity index (χ0n) is 13.2. The molecule has 1 aliphatic rings. The van der Waals surface area contributed by atoms with Crippen LogP contribution in [0.4, 0.5) is 5.82 Å². The molecule has 0 bridgehead atoms. The number of aliphatic hydroxyl groups is 1. The average molecular weight is 280 g/mol. The van der Waals surface area contributed by atoms with E-state index in [1.165, 1.54) is 11.4 Å². The number of anilines is 1. The molecule has 2 rings (SSSR count). The Bertz CT molecular complexity index is 443. The van der Waals surface area contributed by atoms with Gasteiger partial charge in [0.15, 0.2) is 0 Å². The van der Waals surface area contributed by atoms with Gasteiger partial charge in [-0.15, -0.1) is 0 Å². The lowest BCUT2D eigenvalue weighted by Gasteiger charge is -2.37. The third kappa shape index (κ3) is 3.33. The van der Waals surface area contributed by atoms with Crippen LogP contribution in [-0.2, 0) is 13.6 Å². The van der Waals surface area contributed by atoms with Crippen molar-refractivity contribution in [1.29, 1.82) is 0 Å². The lowest BCUT2D eigenvalue weighted by atomic mass is 9.93. The highest BCUT2D eigenvalue weighted by atomic mass is 16.3. The van der Waals surface area contributed by atoms with Gasteiger partial charge in [0.05, 0.1) is 11.3 Å². The molecule has 5 nitrogen and oxygen atoms in total. The standard InChI is InChI=1S/C15H28N4O/c1-5-8-16-11-13-12(2)17-18(4)14(13)19-9-6-15(3,20)7-10-19/h16,20H,5-11H2,1-4H3. The van der Waals surface area contributed by atoms with E-state index in [0.717, 1.165) is 51.1 Å². The van der Waals surface area contributed by atoms with Gasteiger partial charge in [-0.05, 0) is 39.7 Å². The summed E-state index contributed by atoms with van der Waals surface area (Å²) in [5.41, 5.74) is 1.89. The van der Waals surface area contributed by atoms with E-state index in [1.54, 1.807) is 0 Å². The molecule has 0 aliphatic carbocycles. The fraction of sp³-hybridized carbons (Fsp3) is 0.800. The molecule has 0 unspecified atom stereocenters. The maximum atomic E-state index is 10.1. The lowest BCUT2D eigenvalue weighted by molar-refractivity contribution is 0.0348. The number of hydrogen-bond acceptors (Lipinski definition) is 4. The van der Waals surface area contributed by atoms with E-state index in [2.05, 4.69) is 29.2 Å². The normalized spacial score (nSPS) is 18.6. The minimum absolute atomic E-state index is 0.509. The van der Waals surface area contributed by atoms with E-state index in [-0.39, 0.29) is 0 Å². The van der Waals surface area contributed by atoms with Crippen LogP contribution < -0.4 is 10.2 Å². The largest absolute Gasteiger partial charge is 0.390 e. The van der Waals surface area contributed by atoms with Crippen LogP contribution in [0.2, 0.25) is 0 Å². The van der Waals surface area contributed by atoms with Crippen LogP contribution >= 0.6 is 0 Å². The van der Waals surface area contributed by atoms with E-state index in [9.17, 15) is 5.11 Å². The van der Waals surface area contributed by atoms with Gasteiger partial charge in [0, 0.05) is 32.2 Å². The summed E-state index contributed by atoms with van der Waals surface area (Å²) in [5.74, 6) is 1.21. The Morgan fingerprint density at radius 1 is 1.35 bits per heavy atom. The number of aryl methyl sites for hydroxylation is 2. The van der Waals surface area contributed by atoms with Gasteiger partial charge in [0.1, 0.15) is 5.82 Å². The highest BCUT2D eigenvalue weighted by Crippen LogP contribution is 2.29. The topological polar surface area (TPSA) is 53.3 Å². The predicted octanol–water partition coefficient (Wildman–Crippen LogP) is 1.58. The van der Waals surface area contributed by atoms with Crippen LogP contribution in [0.3, 0.4) is 0 Å². The summed E-state index contributed by atoms with van der Waals surface area (Å²) in [6.45, 7) is 9.88. The third-order valence-corrected chi connectivity index (χ3v) is 4.18. The predicted molar refractivity (Wildman–Crippen MR) is 82.0 cm³/mol. The van der Waals surface area contributed by atoms with E-state index in [4.69, 9.17) is 0 Å². The summed E-state index contributed by atoms with van der Waals surface area (Å²) in [7, 11) is 2.01. The van der Waals surface area contributed by atoms with Crippen LogP contribution in [0, 0.1) is 6.92 Å². The van der Waals surface area contributed by atoms with Crippen LogP contribution in [0.1, 0.15) is 44.4 Å². The number of nitrogens with zero attached hydrogens (tertiary/aromatic N) is 3. The molecule has 2 N–H and O–H groups in total. The summed E-state index contributed by atoms with van der Waals surface area (Å²) in [6, 6.07) is 0. The summed E-state index contributed by atoms with van der Waals surface area (Å²) in [5, 5.41) is 18.1. The maximum Gasteiger partial charge on any atom is 0.131 e. The molecule has 1 saturated heterocycles. The molecule has 0 saturated carbocycles. The Hall–Kier alpha value is -1.07. The molecule has 0 radical (unpaired) electrons. The van der Waals surface area contributed by atoms with Crippen LogP contribution in [0.15, 0.2) is 0 Å². The lowest BCUT2D eigenvalue weighted by Crippen LogP contribution is -2.43. The van der Waals surface area contributed by atoms with Gasteiger partial charge in [0.25, 0.3) is 0 Å². The van der Waals surface area contributed by atoms with Gasteiger partial charge in [-0.25, -0.2) is 0 Å². The van der Waals surface area contributed by atoms with Crippen molar-refractivity contribution in [2.24, 2.45) is 7.05 Å². The molecule has 20 heavy (non-hydrogen) atoms. The Labute approximate surface area is 122 Å². The smallest absolute Gasteiger partial charge is 0.131 e. The SMILES string of the molecule is CCCNCc1c(C)nn(C)c1N1CCC(C)(O)CC1.